The normalized spacial score (nSPS) is 10.4. The molecule has 0 heterocycles. The SMILES string of the molecule is Cc1ccc(COc2ccc(CCC(=O)N(C)C)cc2N)cc1. The van der Waals surface area contributed by atoms with Crippen molar-refractivity contribution in [3.63, 3.8) is 0 Å². The van der Waals surface area contributed by atoms with Crippen LogP contribution in [-0.4, -0.2) is 24.9 Å². The summed E-state index contributed by atoms with van der Waals surface area (Å²) in [4.78, 5) is 13.2. The van der Waals surface area contributed by atoms with Crippen molar-refractivity contribution >= 4 is 11.6 Å². The Morgan fingerprint density at radius 2 is 1.74 bits per heavy atom. The molecular formula is C19H24N2O2. The smallest absolute Gasteiger partial charge is 0.222 e. The first kappa shape index (κ1) is 16.9. The molecule has 0 bridgehead atoms. The number of hydrogen-bond donors (Lipinski definition) is 1. The van der Waals surface area contributed by atoms with Gasteiger partial charge in [0.1, 0.15) is 12.4 Å². The van der Waals surface area contributed by atoms with Crippen LogP contribution >= 0.6 is 0 Å². The van der Waals surface area contributed by atoms with Gasteiger partial charge in [-0.05, 0) is 36.6 Å². The van der Waals surface area contributed by atoms with Gasteiger partial charge >= 0.3 is 0 Å². The Morgan fingerprint density at radius 3 is 2.35 bits per heavy atom. The lowest BCUT2D eigenvalue weighted by Gasteiger charge is -2.12. The van der Waals surface area contributed by atoms with Crippen LogP contribution in [-0.2, 0) is 17.8 Å². The van der Waals surface area contributed by atoms with E-state index in [9.17, 15) is 4.79 Å². The third kappa shape index (κ3) is 5.02. The van der Waals surface area contributed by atoms with Crippen molar-refractivity contribution in [1.29, 1.82) is 0 Å². The van der Waals surface area contributed by atoms with Gasteiger partial charge in [-0.1, -0.05) is 35.9 Å². The molecule has 0 aliphatic carbocycles. The molecule has 23 heavy (non-hydrogen) atoms. The first-order valence-electron chi connectivity index (χ1n) is 7.72. The predicted molar refractivity (Wildman–Crippen MR) is 93.4 cm³/mol. The highest BCUT2D eigenvalue weighted by Gasteiger charge is 2.07. The average Bonchev–Trinajstić information content (AvgIpc) is 2.53. The summed E-state index contributed by atoms with van der Waals surface area (Å²) in [6.45, 7) is 2.55. The average molecular weight is 312 g/mol. The number of carbonyl (C=O) groups excluding carboxylic acids is 1. The fourth-order valence-corrected chi connectivity index (χ4v) is 2.21. The minimum atomic E-state index is 0.114. The molecule has 2 rings (SSSR count). The lowest BCUT2D eigenvalue weighted by Crippen LogP contribution is -2.21. The zero-order valence-electron chi connectivity index (χ0n) is 14.0. The van der Waals surface area contributed by atoms with Crippen LogP contribution < -0.4 is 10.5 Å². The van der Waals surface area contributed by atoms with E-state index in [-0.39, 0.29) is 5.91 Å². The highest BCUT2D eigenvalue weighted by Crippen LogP contribution is 2.24. The number of nitrogens with two attached hydrogens (primary N) is 1. The minimum absolute atomic E-state index is 0.114. The molecule has 0 fully saturated rings. The molecule has 2 N–H and O–H groups in total. The maximum Gasteiger partial charge on any atom is 0.222 e. The Hall–Kier alpha value is -2.49. The molecule has 0 radical (unpaired) electrons. The summed E-state index contributed by atoms with van der Waals surface area (Å²) in [6.07, 6.45) is 1.16. The van der Waals surface area contributed by atoms with E-state index in [0.717, 1.165) is 11.1 Å². The van der Waals surface area contributed by atoms with Crippen molar-refractivity contribution in [3.05, 3.63) is 59.2 Å². The molecule has 0 aliphatic heterocycles. The first-order chi connectivity index (χ1) is 11.0. The molecule has 1 amide bonds. The number of hydrogen-bond acceptors (Lipinski definition) is 3. The third-order valence-electron chi connectivity index (χ3n) is 3.72. The van der Waals surface area contributed by atoms with Crippen molar-refractivity contribution < 1.29 is 9.53 Å². The molecule has 4 nitrogen and oxygen atoms in total. The van der Waals surface area contributed by atoms with Gasteiger partial charge in [0.05, 0.1) is 5.69 Å². The Bertz CT molecular complexity index is 664. The van der Waals surface area contributed by atoms with E-state index in [4.69, 9.17) is 10.5 Å². The van der Waals surface area contributed by atoms with Gasteiger partial charge in [0.15, 0.2) is 0 Å². The molecular weight excluding hydrogens is 288 g/mol. The Labute approximate surface area is 137 Å². The van der Waals surface area contributed by atoms with Gasteiger partial charge in [-0.25, -0.2) is 0 Å². The summed E-state index contributed by atoms with van der Waals surface area (Å²) in [5.74, 6) is 0.788. The summed E-state index contributed by atoms with van der Waals surface area (Å²) in [7, 11) is 3.53. The largest absolute Gasteiger partial charge is 0.487 e. The highest BCUT2D eigenvalue weighted by molar-refractivity contribution is 5.75. The molecule has 122 valence electrons. The fourth-order valence-electron chi connectivity index (χ4n) is 2.21. The van der Waals surface area contributed by atoms with E-state index < -0.39 is 0 Å². The molecule has 0 spiro atoms. The van der Waals surface area contributed by atoms with Crippen LogP contribution in [0, 0.1) is 6.92 Å². The van der Waals surface area contributed by atoms with E-state index in [2.05, 4.69) is 19.1 Å². The second kappa shape index (κ2) is 7.68. The highest BCUT2D eigenvalue weighted by atomic mass is 16.5. The van der Waals surface area contributed by atoms with Crippen LogP contribution in [0.2, 0.25) is 0 Å². The van der Waals surface area contributed by atoms with Crippen LogP contribution in [0.4, 0.5) is 5.69 Å². The number of carbonyl (C=O) groups is 1. The van der Waals surface area contributed by atoms with Crippen LogP contribution in [0.3, 0.4) is 0 Å². The summed E-state index contributed by atoms with van der Waals surface area (Å²) < 4.78 is 5.78. The Morgan fingerprint density at radius 1 is 1.09 bits per heavy atom. The van der Waals surface area contributed by atoms with Gasteiger partial charge < -0.3 is 15.4 Å². The Kier molecular flexibility index (Phi) is 5.63. The number of anilines is 1. The van der Waals surface area contributed by atoms with Gasteiger partial charge in [0, 0.05) is 20.5 Å². The fraction of sp³-hybridized carbons (Fsp3) is 0.316. The standard InChI is InChI=1S/C19H24N2O2/c1-14-4-6-16(7-5-14)13-23-18-10-8-15(12-17(18)20)9-11-19(22)21(2)3/h4-8,10,12H,9,11,13,20H2,1-3H3. The van der Waals surface area contributed by atoms with E-state index in [0.29, 0.717) is 30.9 Å². The van der Waals surface area contributed by atoms with E-state index in [1.165, 1.54) is 5.56 Å². The number of aryl methyl sites for hydroxylation is 2. The van der Waals surface area contributed by atoms with Crippen LogP contribution in [0.15, 0.2) is 42.5 Å². The number of nitrogen functional groups attached to an aromatic ring is 1. The van der Waals surface area contributed by atoms with Crippen LogP contribution in [0.1, 0.15) is 23.1 Å². The summed E-state index contributed by atoms with van der Waals surface area (Å²) in [5, 5.41) is 0. The molecule has 4 heteroatoms. The molecule has 0 unspecified atom stereocenters. The van der Waals surface area contributed by atoms with E-state index in [1.807, 2.05) is 30.3 Å². The van der Waals surface area contributed by atoms with E-state index >= 15 is 0 Å². The van der Waals surface area contributed by atoms with Gasteiger partial charge in [0.25, 0.3) is 0 Å². The lowest BCUT2D eigenvalue weighted by molar-refractivity contribution is -0.128. The molecule has 0 saturated carbocycles. The third-order valence-corrected chi connectivity index (χ3v) is 3.72. The molecule has 2 aromatic carbocycles. The Balaban J connectivity index is 1.93. The van der Waals surface area contributed by atoms with Crippen LogP contribution in [0.25, 0.3) is 0 Å². The number of ether oxygens (including phenoxy) is 1. The van der Waals surface area contributed by atoms with Gasteiger partial charge in [0.2, 0.25) is 5.91 Å². The van der Waals surface area contributed by atoms with Crippen molar-refractivity contribution in [1.82, 2.24) is 4.90 Å². The maximum absolute atomic E-state index is 11.6. The molecule has 0 aromatic heterocycles. The molecule has 0 aliphatic rings. The molecule has 2 aromatic rings. The minimum Gasteiger partial charge on any atom is -0.487 e. The quantitative estimate of drug-likeness (QED) is 0.834. The van der Waals surface area contributed by atoms with Crippen molar-refractivity contribution in [3.8, 4) is 5.75 Å². The molecule has 0 saturated heterocycles. The van der Waals surface area contributed by atoms with Gasteiger partial charge in [-0.15, -0.1) is 0 Å². The number of rotatable bonds is 6. The van der Waals surface area contributed by atoms with Crippen molar-refractivity contribution in [2.75, 3.05) is 19.8 Å². The number of nitrogens with zero attached hydrogens (tertiary/aromatic N) is 1. The predicted octanol–water partition coefficient (Wildman–Crippen LogP) is 3.18. The zero-order valence-corrected chi connectivity index (χ0v) is 14.0. The van der Waals surface area contributed by atoms with Crippen molar-refractivity contribution in [2.45, 2.75) is 26.4 Å². The summed E-state index contributed by atoms with van der Waals surface area (Å²) >= 11 is 0. The van der Waals surface area contributed by atoms with Gasteiger partial charge in [-0.3, -0.25) is 4.79 Å². The first-order valence-corrected chi connectivity index (χ1v) is 7.72. The molecule has 0 atom stereocenters. The second-order valence-corrected chi connectivity index (χ2v) is 5.93. The van der Waals surface area contributed by atoms with Gasteiger partial charge in [-0.2, -0.15) is 0 Å². The maximum atomic E-state index is 11.6. The number of benzene rings is 2. The van der Waals surface area contributed by atoms with E-state index in [1.54, 1.807) is 19.0 Å². The summed E-state index contributed by atoms with van der Waals surface area (Å²) in [6, 6.07) is 13.9. The monoisotopic (exact) mass is 312 g/mol. The summed E-state index contributed by atoms with van der Waals surface area (Å²) in [5.41, 5.74) is 10.0. The zero-order chi connectivity index (χ0) is 16.8. The lowest BCUT2D eigenvalue weighted by atomic mass is 10.1. The van der Waals surface area contributed by atoms with Crippen LogP contribution in [0.5, 0.6) is 5.75 Å². The number of amides is 1. The van der Waals surface area contributed by atoms with Crippen molar-refractivity contribution in [2.24, 2.45) is 0 Å². The topological polar surface area (TPSA) is 55.6 Å². The second-order valence-electron chi connectivity index (χ2n) is 5.93.